The van der Waals surface area contributed by atoms with Crippen molar-refractivity contribution in [1.29, 1.82) is 0 Å². The van der Waals surface area contributed by atoms with Crippen LogP contribution in [0, 0.1) is 37.5 Å². The summed E-state index contributed by atoms with van der Waals surface area (Å²) in [7, 11) is 0. The molecule has 2 aromatic heterocycles. The molecule has 0 unspecified atom stereocenters. The third-order valence-corrected chi connectivity index (χ3v) is 2.30. The van der Waals surface area contributed by atoms with Crippen molar-refractivity contribution in [2.45, 2.75) is 13.8 Å². The summed E-state index contributed by atoms with van der Waals surface area (Å²) in [6.07, 6.45) is 3.49. The molecule has 18 heavy (non-hydrogen) atoms. The summed E-state index contributed by atoms with van der Waals surface area (Å²) in [4.78, 5) is 8.33. The molecule has 2 aromatic rings. The molecule has 0 spiro atoms. The van der Waals surface area contributed by atoms with E-state index in [9.17, 15) is 0 Å². The van der Waals surface area contributed by atoms with Crippen molar-refractivity contribution in [3.63, 3.8) is 0 Å². The minimum Gasteiger partial charge on any atom is -0.260 e. The van der Waals surface area contributed by atoms with Crippen LogP contribution >= 0.6 is 0 Å². The second kappa shape index (κ2) is 5.66. The number of hydrogen-bond donors (Lipinski definition) is 0. The highest BCUT2D eigenvalue weighted by Gasteiger charge is 1.87. The van der Waals surface area contributed by atoms with Gasteiger partial charge in [-0.2, -0.15) is 0 Å². The second-order valence-corrected chi connectivity index (χ2v) is 3.88. The zero-order valence-corrected chi connectivity index (χ0v) is 10.4. The van der Waals surface area contributed by atoms with E-state index in [0.717, 1.165) is 22.5 Å². The molecule has 2 nitrogen and oxygen atoms in total. The molecular weight excluding hydrogens is 220 g/mol. The van der Waals surface area contributed by atoms with Crippen LogP contribution in [-0.2, 0) is 0 Å². The highest BCUT2D eigenvalue weighted by atomic mass is 14.7. The van der Waals surface area contributed by atoms with Crippen LogP contribution < -0.4 is 0 Å². The maximum Gasteiger partial charge on any atom is 0.0439 e. The number of rotatable bonds is 0. The van der Waals surface area contributed by atoms with Crippen LogP contribution in [-0.4, -0.2) is 9.97 Å². The molecular formula is C16H12N2. The Bertz CT molecular complexity index is 583. The van der Waals surface area contributed by atoms with E-state index in [4.69, 9.17) is 0 Å². The van der Waals surface area contributed by atoms with Crippen molar-refractivity contribution in [1.82, 2.24) is 9.97 Å². The molecule has 0 fully saturated rings. The summed E-state index contributed by atoms with van der Waals surface area (Å²) in [5.74, 6) is 11.5. The van der Waals surface area contributed by atoms with Crippen molar-refractivity contribution < 1.29 is 0 Å². The summed E-state index contributed by atoms with van der Waals surface area (Å²) in [5.41, 5.74) is 3.71. The molecule has 2 heteroatoms. The third kappa shape index (κ3) is 3.47. The lowest BCUT2D eigenvalue weighted by Gasteiger charge is -1.90. The van der Waals surface area contributed by atoms with Gasteiger partial charge in [0.25, 0.3) is 0 Å². The van der Waals surface area contributed by atoms with Gasteiger partial charge in [0.05, 0.1) is 0 Å². The monoisotopic (exact) mass is 232 g/mol. The number of hydrogen-bond acceptors (Lipinski definition) is 2. The summed E-state index contributed by atoms with van der Waals surface area (Å²) in [6, 6.07) is 7.73. The minimum atomic E-state index is 0.872. The molecule has 2 heterocycles. The molecule has 86 valence electrons. The lowest BCUT2D eigenvalue weighted by Crippen LogP contribution is -1.81. The van der Waals surface area contributed by atoms with Gasteiger partial charge in [-0.15, -0.1) is 0 Å². The first-order valence-electron chi connectivity index (χ1n) is 5.61. The van der Waals surface area contributed by atoms with E-state index < -0.39 is 0 Å². The highest BCUT2D eigenvalue weighted by molar-refractivity contribution is 5.43. The molecule has 0 aliphatic rings. The first-order valence-corrected chi connectivity index (χ1v) is 5.61. The fraction of sp³-hybridized carbons (Fsp3) is 0.125. The molecule has 0 atom stereocenters. The molecule has 0 N–H and O–H groups in total. The van der Waals surface area contributed by atoms with Crippen LogP contribution in [0.2, 0.25) is 0 Å². The Morgan fingerprint density at radius 1 is 0.722 bits per heavy atom. The molecule has 0 aliphatic heterocycles. The minimum absolute atomic E-state index is 0.872. The van der Waals surface area contributed by atoms with E-state index in [1.54, 1.807) is 12.4 Å². The van der Waals surface area contributed by atoms with Crippen molar-refractivity contribution in [3.8, 4) is 23.7 Å². The van der Waals surface area contributed by atoms with Gasteiger partial charge in [0.1, 0.15) is 0 Å². The van der Waals surface area contributed by atoms with Gasteiger partial charge >= 0.3 is 0 Å². The largest absolute Gasteiger partial charge is 0.260 e. The molecule has 0 bridgehead atoms. The van der Waals surface area contributed by atoms with Gasteiger partial charge in [-0.1, -0.05) is 11.8 Å². The average Bonchev–Trinajstić information content (AvgIpc) is 2.39. The first-order chi connectivity index (χ1) is 8.74. The fourth-order valence-corrected chi connectivity index (χ4v) is 1.29. The van der Waals surface area contributed by atoms with E-state index in [0.29, 0.717) is 0 Å². The Morgan fingerprint density at radius 3 is 1.50 bits per heavy atom. The van der Waals surface area contributed by atoms with E-state index in [1.807, 2.05) is 38.1 Å². The Hall–Kier alpha value is -2.58. The normalized spacial score (nSPS) is 8.78. The Balaban J connectivity index is 2.09. The van der Waals surface area contributed by atoms with E-state index in [1.165, 1.54) is 0 Å². The van der Waals surface area contributed by atoms with Gasteiger partial charge in [0.15, 0.2) is 0 Å². The molecule has 0 radical (unpaired) electrons. The summed E-state index contributed by atoms with van der Waals surface area (Å²) >= 11 is 0. The standard InChI is InChI=1S/C16H12N2/c1-13-7-9-15(11-17-13)5-3-4-6-16-10-8-14(2)18-12-16/h7-12H,1-2H3. The van der Waals surface area contributed by atoms with Crippen LogP contribution in [0.3, 0.4) is 0 Å². The van der Waals surface area contributed by atoms with Crippen molar-refractivity contribution in [3.05, 3.63) is 59.2 Å². The molecule has 2 rings (SSSR count). The van der Waals surface area contributed by atoms with E-state index in [2.05, 4.69) is 33.6 Å². The van der Waals surface area contributed by atoms with Crippen molar-refractivity contribution in [2.24, 2.45) is 0 Å². The lowest BCUT2D eigenvalue weighted by atomic mass is 10.2. The fourth-order valence-electron chi connectivity index (χ4n) is 1.29. The zero-order chi connectivity index (χ0) is 12.8. The maximum absolute atomic E-state index is 4.17. The predicted octanol–water partition coefficient (Wildman–Crippen LogP) is 2.50. The summed E-state index contributed by atoms with van der Waals surface area (Å²) in [5, 5.41) is 0. The van der Waals surface area contributed by atoms with Crippen LogP contribution in [0.4, 0.5) is 0 Å². The average molecular weight is 232 g/mol. The SMILES string of the molecule is Cc1ccc(C#CC#Cc2ccc(C)nc2)cn1. The van der Waals surface area contributed by atoms with Gasteiger partial charge in [-0.3, -0.25) is 9.97 Å². The highest BCUT2D eigenvalue weighted by Crippen LogP contribution is 1.97. The van der Waals surface area contributed by atoms with Crippen LogP contribution in [0.1, 0.15) is 22.5 Å². The number of nitrogens with zero attached hydrogens (tertiary/aromatic N) is 2. The van der Waals surface area contributed by atoms with Crippen LogP contribution in [0.15, 0.2) is 36.7 Å². The van der Waals surface area contributed by atoms with Gasteiger partial charge in [0, 0.05) is 34.9 Å². The zero-order valence-electron chi connectivity index (χ0n) is 10.4. The number of pyridine rings is 2. The maximum atomic E-state index is 4.17. The smallest absolute Gasteiger partial charge is 0.0439 e. The Morgan fingerprint density at radius 2 is 1.17 bits per heavy atom. The van der Waals surface area contributed by atoms with Crippen molar-refractivity contribution in [2.75, 3.05) is 0 Å². The lowest BCUT2D eigenvalue weighted by molar-refractivity contribution is 1.19. The number of aromatic nitrogens is 2. The topological polar surface area (TPSA) is 25.8 Å². The van der Waals surface area contributed by atoms with E-state index in [-0.39, 0.29) is 0 Å². The van der Waals surface area contributed by atoms with Gasteiger partial charge < -0.3 is 0 Å². The predicted molar refractivity (Wildman–Crippen MR) is 71.7 cm³/mol. The Kier molecular flexibility index (Phi) is 3.74. The molecule has 0 aliphatic carbocycles. The van der Waals surface area contributed by atoms with Gasteiger partial charge in [0.2, 0.25) is 0 Å². The van der Waals surface area contributed by atoms with Gasteiger partial charge in [-0.25, -0.2) is 0 Å². The summed E-state index contributed by atoms with van der Waals surface area (Å²) in [6.45, 7) is 3.89. The molecule has 0 amide bonds. The molecule has 0 saturated carbocycles. The molecule has 0 aromatic carbocycles. The van der Waals surface area contributed by atoms with Crippen molar-refractivity contribution >= 4 is 0 Å². The second-order valence-electron chi connectivity index (χ2n) is 3.88. The number of aryl methyl sites for hydroxylation is 2. The van der Waals surface area contributed by atoms with Crippen LogP contribution in [0.25, 0.3) is 0 Å². The quantitative estimate of drug-likeness (QED) is 0.652. The third-order valence-electron chi connectivity index (χ3n) is 2.30. The van der Waals surface area contributed by atoms with Crippen LogP contribution in [0.5, 0.6) is 0 Å². The van der Waals surface area contributed by atoms with E-state index >= 15 is 0 Å². The Labute approximate surface area is 107 Å². The first kappa shape index (κ1) is 11.9. The summed E-state index contributed by atoms with van der Waals surface area (Å²) < 4.78 is 0. The molecule has 0 saturated heterocycles. The van der Waals surface area contributed by atoms with Gasteiger partial charge in [-0.05, 0) is 50.0 Å².